The molecule has 0 bridgehead atoms. The lowest BCUT2D eigenvalue weighted by atomic mass is 10.1. The second-order valence-corrected chi connectivity index (χ2v) is 6.97. The topological polar surface area (TPSA) is 92.2 Å². The van der Waals surface area contributed by atoms with Crippen LogP contribution in [0.15, 0.2) is 54.6 Å². The maximum atomic E-state index is 13.7. The number of carbonyl (C=O) groups excluding carboxylic acids is 1. The third kappa shape index (κ3) is 5.78. The molecule has 3 aromatic rings. The van der Waals surface area contributed by atoms with E-state index in [4.69, 9.17) is 5.11 Å². The Morgan fingerprint density at radius 2 is 1.55 bits per heavy atom. The minimum absolute atomic E-state index is 0.0489. The monoisotopic (exact) mass is 431 g/mol. The molecule has 3 rings (SSSR count). The summed E-state index contributed by atoms with van der Waals surface area (Å²) in [5.74, 6) is -1.93. The highest BCUT2D eigenvalue weighted by molar-refractivity contribution is 5.95. The Morgan fingerprint density at radius 3 is 2.16 bits per heavy atom. The molecular weight excluding hydrogens is 411 g/mol. The number of carboxylic acid groups (broad SMARTS) is 1. The average molecular weight is 431 g/mol. The summed E-state index contributed by atoms with van der Waals surface area (Å²) in [5, 5.41) is 10.8. The molecule has 9 heteroatoms. The third-order valence-corrected chi connectivity index (χ3v) is 4.65. The number of benzene rings is 2. The van der Waals surface area contributed by atoms with Gasteiger partial charge in [0.25, 0.3) is 5.91 Å². The number of aromatic nitrogens is 2. The maximum absolute atomic E-state index is 13.7. The van der Waals surface area contributed by atoms with Crippen molar-refractivity contribution in [2.45, 2.75) is 37.9 Å². The molecule has 0 aliphatic carbocycles. The van der Waals surface area contributed by atoms with Gasteiger partial charge in [0, 0.05) is 6.42 Å². The van der Waals surface area contributed by atoms with Crippen molar-refractivity contribution < 1.29 is 27.9 Å². The number of amides is 1. The van der Waals surface area contributed by atoms with Crippen LogP contribution in [-0.2, 0) is 11.2 Å². The van der Waals surface area contributed by atoms with E-state index >= 15 is 0 Å². The van der Waals surface area contributed by atoms with E-state index in [-0.39, 0.29) is 29.8 Å². The Kier molecular flexibility index (Phi) is 6.84. The number of aliphatic carboxylic acids is 1. The van der Waals surface area contributed by atoms with Crippen LogP contribution in [0.5, 0.6) is 0 Å². The van der Waals surface area contributed by atoms with Crippen molar-refractivity contribution in [2.24, 2.45) is 0 Å². The van der Waals surface area contributed by atoms with E-state index in [2.05, 4.69) is 9.97 Å². The van der Waals surface area contributed by atoms with E-state index in [1.807, 2.05) is 5.32 Å². The summed E-state index contributed by atoms with van der Waals surface area (Å²) in [4.78, 5) is 32.2. The van der Waals surface area contributed by atoms with Crippen LogP contribution in [-0.4, -0.2) is 33.1 Å². The minimum atomic E-state index is -4.71. The number of nitrogens with one attached hydrogen (secondary N) is 1. The number of hydrogen-bond donors (Lipinski definition) is 2. The standard InChI is InChI=1S/C22H20F3N3O3/c23-22(24,25)20(14-8-2-1-3-9-14)28-21(31)19-17(12-6-7-13-18(29)30)26-15-10-4-5-11-16(15)27-19/h1-5,8-11,20H,6-7,12-13H2,(H,28,31)(H,29,30)/t20-/m0/s1. The van der Waals surface area contributed by atoms with E-state index in [0.717, 1.165) is 0 Å². The normalized spacial score (nSPS) is 12.5. The Hall–Kier alpha value is -3.49. The number of carboxylic acids is 1. The molecule has 0 saturated carbocycles. The summed E-state index contributed by atoms with van der Waals surface area (Å²) in [6.07, 6.45) is -3.79. The van der Waals surface area contributed by atoms with Gasteiger partial charge in [-0.3, -0.25) is 9.59 Å². The molecule has 31 heavy (non-hydrogen) atoms. The van der Waals surface area contributed by atoms with Crippen LogP contribution >= 0.6 is 0 Å². The molecule has 6 nitrogen and oxygen atoms in total. The number of rotatable bonds is 8. The van der Waals surface area contributed by atoms with Crippen molar-refractivity contribution in [3.63, 3.8) is 0 Å². The molecule has 162 valence electrons. The van der Waals surface area contributed by atoms with E-state index < -0.39 is 24.1 Å². The van der Waals surface area contributed by atoms with Gasteiger partial charge in [0.05, 0.1) is 16.7 Å². The number of hydrogen-bond acceptors (Lipinski definition) is 4. The number of alkyl halides is 3. The molecule has 0 aliphatic rings. The van der Waals surface area contributed by atoms with Crippen LogP contribution in [0, 0.1) is 0 Å². The largest absolute Gasteiger partial charge is 0.481 e. The van der Waals surface area contributed by atoms with Crippen molar-refractivity contribution in [2.75, 3.05) is 0 Å². The van der Waals surface area contributed by atoms with Gasteiger partial charge in [-0.1, -0.05) is 42.5 Å². The Morgan fingerprint density at radius 1 is 0.935 bits per heavy atom. The van der Waals surface area contributed by atoms with Crippen LogP contribution in [0.4, 0.5) is 13.2 Å². The second kappa shape index (κ2) is 9.55. The zero-order valence-corrected chi connectivity index (χ0v) is 16.4. The van der Waals surface area contributed by atoms with Crippen molar-refractivity contribution in [1.29, 1.82) is 0 Å². The molecule has 0 spiro atoms. The van der Waals surface area contributed by atoms with Gasteiger partial charge in [-0.05, 0) is 37.0 Å². The van der Waals surface area contributed by atoms with Gasteiger partial charge >= 0.3 is 12.1 Å². The Labute approximate surface area is 176 Å². The summed E-state index contributed by atoms with van der Waals surface area (Å²) in [6.45, 7) is 0. The number of unbranched alkanes of at least 4 members (excludes halogenated alkanes) is 1. The summed E-state index contributed by atoms with van der Waals surface area (Å²) in [7, 11) is 0. The predicted octanol–water partition coefficient (Wildman–Crippen LogP) is 4.46. The second-order valence-electron chi connectivity index (χ2n) is 6.97. The highest BCUT2D eigenvalue weighted by Gasteiger charge is 2.42. The quantitative estimate of drug-likeness (QED) is 0.514. The molecule has 0 unspecified atom stereocenters. The van der Waals surface area contributed by atoms with Crippen molar-refractivity contribution in [3.8, 4) is 0 Å². The van der Waals surface area contributed by atoms with Crippen LogP contribution in [0.25, 0.3) is 11.0 Å². The molecule has 1 aromatic heterocycles. The van der Waals surface area contributed by atoms with Gasteiger partial charge in [-0.15, -0.1) is 0 Å². The third-order valence-electron chi connectivity index (χ3n) is 4.65. The molecule has 0 radical (unpaired) electrons. The van der Waals surface area contributed by atoms with E-state index in [0.29, 0.717) is 23.9 Å². The van der Waals surface area contributed by atoms with Gasteiger partial charge in [0.1, 0.15) is 5.69 Å². The van der Waals surface area contributed by atoms with Crippen molar-refractivity contribution in [1.82, 2.24) is 15.3 Å². The molecular formula is C22H20F3N3O3. The first-order valence-corrected chi connectivity index (χ1v) is 9.65. The molecule has 0 saturated heterocycles. The first kappa shape index (κ1) is 22.2. The summed E-state index contributed by atoms with van der Waals surface area (Å²) >= 11 is 0. The maximum Gasteiger partial charge on any atom is 0.412 e. The van der Waals surface area contributed by atoms with E-state index in [9.17, 15) is 22.8 Å². The first-order chi connectivity index (χ1) is 14.8. The summed E-state index contributed by atoms with van der Waals surface area (Å²) in [5.41, 5.74) is 0.822. The van der Waals surface area contributed by atoms with Crippen molar-refractivity contribution in [3.05, 3.63) is 71.5 Å². The van der Waals surface area contributed by atoms with Crippen LogP contribution in [0.1, 0.15) is 47.1 Å². The highest BCUT2D eigenvalue weighted by atomic mass is 19.4. The molecule has 1 heterocycles. The fraction of sp³-hybridized carbons (Fsp3) is 0.273. The van der Waals surface area contributed by atoms with E-state index in [1.165, 1.54) is 24.3 Å². The number of halogens is 3. The number of fused-ring (bicyclic) bond motifs is 1. The fourth-order valence-electron chi connectivity index (χ4n) is 3.16. The van der Waals surface area contributed by atoms with Gasteiger partial charge in [0.2, 0.25) is 0 Å². The Bertz CT molecular complexity index is 1070. The Balaban J connectivity index is 1.92. The fourth-order valence-corrected chi connectivity index (χ4v) is 3.16. The number of aryl methyl sites for hydroxylation is 1. The molecule has 1 atom stereocenters. The number of carbonyl (C=O) groups is 2. The lowest BCUT2D eigenvalue weighted by molar-refractivity contribution is -0.155. The summed E-state index contributed by atoms with van der Waals surface area (Å²) < 4.78 is 41.0. The zero-order chi connectivity index (χ0) is 22.4. The number of para-hydroxylation sites is 2. The zero-order valence-electron chi connectivity index (χ0n) is 16.4. The molecule has 2 aromatic carbocycles. The smallest absolute Gasteiger partial charge is 0.412 e. The average Bonchev–Trinajstić information content (AvgIpc) is 2.74. The van der Waals surface area contributed by atoms with Crippen LogP contribution in [0.2, 0.25) is 0 Å². The minimum Gasteiger partial charge on any atom is -0.481 e. The lowest BCUT2D eigenvalue weighted by Crippen LogP contribution is -2.39. The highest BCUT2D eigenvalue weighted by Crippen LogP contribution is 2.33. The summed E-state index contributed by atoms with van der Waals surface area (Å²) in [6, 6.07) is 11.6. The molecule has 0 aliphatic heterocycles. The predicted molar refractivity (Wildman–Crippen MR) is 107 cm³/mol. The first-order valence-electron chi connectivity index (χ1n) is 9.65. The van der Waals surface area contributed by atoms with Gasteiger partial charge < -0.3 is 10.4 Å². The molecule has 2 N–H and O–H groups in total. The van der Waals surface area contributed by atoms with Crippen molar-refractivity contribution >= 4 is 22.9 Å². The van der Waals surface area contributed by atoms with Gasteiger partial charge in [-0.25, -0.2) is 9.97 Å². The molecule has 0 fully saturated rings. The van der Waals surface area contributed by atoms with Gasteiger partial charge in [0.15, 0.2) is 6.04 Å². The number of nitrogens with zero attached hydrogens (tertiary/aromatic N) is 2. The van der Waals surface area contributed by atoms with Crippen LogP contribution in [0.3, 0.4) is 0 Å². The lowest BCUT2D eigenvalue weighted by Gasteiger charge is -2.22. The SMILES string of the molecule is O=C(O)CCCCc1nc2ccccc2nc1C(=O)N[C@@H](c1ccccc1)C(F)(F)F. The molecule has 1 amide bonds. The van der Waals surface area contributed by atoms with E-state index in [1.54, 1.807) is 30.3 Å². The van der Waals surface area contributed by atoms with Crippen LogP contribution < -0.4 is 5.32 Å². The van der Waals surface area contributed by atoms with Gasteiger partial charge in [-0.2, -0.15) is 13.2 Å².